The Morgan fingerprint density at radius 1 is 1.35 bits per heavy atom. The summed E-state index contributed by atoms with van der Waals surface area (Å²) >= 11 is 1.67. The molecule has 1 aliphatic heterocycles. The van der Waals surface area contributed by atoms with Gasteiger partial charge in [-0.15, -0.1) is 11.3 Å². The van der Waals surface area contributed by atoms with E-state index in [1.807, 2.05) is 6.07 Å². The number of carboxylic acids is 1. The van der Waals surface area contributed by atoms with Crippen LogP contribution in [0.25, 0.3) is 6.08 Å². The van der Waals surface area contributed by atoms with E-state index < -0.39 is 5.97 Å². The van der Waals surface area contributed by atoms with Crippen molar-refractivity contribution in [2.24, 2.45) is 0 Å². The van der Waals surface area contributed by atoms with E-state index in [0.717, 1.165) is 37.6 Å². The lowest BCUT2D eigenvalue weighted by molar-refractivity contribution is -0.131. The Balaban J connectivity index is 1.84. The molecule has 1 aliphatic rings. The number of hydrogen-bond acceptors (Lipinski definition) is 4. The smallest absolute Gasteiger partial charge is 0.328 e. The molecule has 2 rings (SSSR count). The van der Waals surface area contributed by atoms with Crippen LogP contribution in [0, 0.1) is 0 Å². The monoisotopic (exact) mass is 294 g/mol. The van der Waals surface area contributed by atoms with Gasteiger partial charge in [0.25, 0.3) is 0 Å². The summed E-state index contributed by atoms with van der Waals surface area (Å²) in [6.07, 6.45) is 2.85. The molecule has 0 amide bonds. The SMILES string of the molecule is CC(C)N1CCN(Cc2ccc(C=CC(=O)O)s2)CC1. The van der Waals surface area contributed by atoms with E-state index in [2.05, 4.69) is 29.7 Å². The summed E-state index contributed by atoms with van der Waals surface area (Å²) < 4.78 is 0. The lowest BCUT2D eigenvalue weighted by Crippen LogP contribution is -2.48. The summed E-state index contributed by atoms with van der Waals surface area (Å²) in [5, 5.41) is 8.62. The van der Waals surface area contributed by atoms with Crippen LogP contribution in [0.5, 0.6) is 0 Å². The summed E-state index contributed by atoms with van der Waals surface area (Å²) in [4.78, 5) is 17.8. The third-order valence-electron chi connectivity index (χ3n) is 3.59. The molecular weight excluding hydrogens is 272 g/mol. The van der Waals surface area contributed by atoms with Gasteiger partial charge >= 0.3 is 5.97 Å². The van der Waals surface area contributed by atoms with Crippen molar-refractivity contribution in [3.63, 3.8) is 0 Å². The van der Waals surface area contributed by atoms with Crippen molar-refractivity contribution in [3.05, 3.63) is 28.0 Å². The molecule has 1 N–H and O–H groups in total. The van der Waals surface area contributed by atoms with E-state index in [1.54, 1.807) is 17.4 Å². The Morgan fingerprint density at radius 2 is 2.05 bits per heavy atom. The van der Waals surface area contributed by atoms with E-state index >= 15 is 0 Å². The van der Waals surface area contributed by atoms with Crippen molar-refractivity contribution in [3.8, 4) is 0 Å². The quantitative estimate of drug-likeness (QED) is 0.847. The van der Waals surface area contributed by atoms with E-state index in [9.17, 15) is 4.79 Å². The number of aliphatic carboxylic acids is 1. The van der Waals surface area contributed by atoms with Gasteiger partial charge in [-0.3, -0.25) is 9.80 Å². The molecule has 1 aromatic rings. The van der Waals surface area contributed by atoms with Gasteiger partial charge in [0, 0.05) is 54.6 Å². The lowest BCUT2D eigenvalue weighted by Gasteiger charge is -2.36. The largest absolute Gasteiger partial charge is 0.478 e. The molecule has 5 heteroatoms. The summed E-state index contributed by atoms with van der Waals surface area (Å²) in [6.45, 7) is 9.94. The predicted octanol–water partition coefficient (Wildman–Crippen LogP) is 2.37. The van der Waals surface area contributed by atoms with Gasteiger partial charge in [0.05, 0.1) is 0 Å². The van der Waals surface area contributed by atoms with Gasteiger partial charge in [-0.05, 0) is 32.1 Å². The highest BCUT2D eigenvalue weighted by molar-refractivity contribution is 7.12. The first-order valence-electron chi connectivity index (χ1n) is 7.00. The number of carbonyl (C=O) groups is 1. The summed E-state index contributed by atoms with van der Waals surface area (Å²) in [7, 11) is 0. The van der Waals surface area contributed by atoms with Crippen molar-refractivity contribution in [1.82, 2.24) is 9.80 Å². The molecular formula is C15H22N2O2S. The van der Waals surface area contributed by atoms with E-state index in [4.69, 9.17) is 5.11 Å². The Labute approximate surface area is 124 Å². The van der Waals surface area contributed by atoms with Gasteiger partial charge in [-0.25, -0.2) is 4.79 Å². The molecule has 0 aliphatic carbocycles. The summed E-state index contributed by atoms with van der Waals surface area (Å²) in [5.41, 5.74) is 0. The molecule has 0 unspecified atom stereocenters. The molecule has 20 heavy (non-hydrogen) atoms. The Bertz CT molecular complexity index is 474. The van der Waals surface area contributed by atoms with Crippen molar-refractivity contribution >= 4 is 23.4 Å². The average molecular weight is 294 g/mol. The van der Waals surface area contributed by atoms with Gasteiger partial charge in [0.15, 0.2) is 0 Å². The van der Waals surface area contributed by atoms with E-state index in [0.29, 0.717) is 6.04 Å². The van der Waals surface area contributed by atoms with Crippen LogP contribution < -0.4 is 0 Å². The van der Waals surface area contributed by atoms with Crippen LogP contribution in [0.4, 0.5) is 0 Å². The normalized spacial score (nSPS) is 18.1. The molecule has 110 valence electrons. The highest BCUT2D eigenvalue weighted by Gasteiger charge is 2.18. The Morgan fingerprint density at radius 3 is 2.65 bits per heavy atom. The van der Waals surface area contributed by atoms with Crippen LogP contribution in [0.1, 0.15) is 23.6 Å². The molecule has 1 aromatic heterocycles. The minimum absolute atomic E-state index is 0.631. The molecule has 1 saturated heterocycles. The fourth-order valence-corrected chi connectivity index (χ4v) is 3.34. The molecule has 0 radical (unpaired) electrons. The van der Waals surface area contributed by atoms with Crippen molar-refractivity contribution in [2.75, 3.05) is 26.2 Å². The molecule has 0 atom stereocenters. The minimum Gasteiger partial charge on any atom is -0.478 e. The molecule has 0 bridgehead atoms. The van der Waals surface area contributed by atoms with E-state index in [-0.39, 0.29) is 0 Å². The minimum atomic E-state index is -0.898. The van der Waals surface area contributed by atoms with Gasteiger partial charge in [0.2, 0.25) is 0 Å². The topological polar surface area (TPSA) is 43.8 Å². The standard InChI is InChI=1S/C15H22N2O2S/c1-12(2)17-9-7-16(8-10-17)11-14-4-3-13(20-14)5-6-15(18)19/h3-6,12H,7-11H2,1-2H3,(H,18,19). The van der Waals surface area contributed by atoms with Crippen LogP contribution >= 0.6 is 11.3 Å². The van der Waals surface area contributed by atoms with Crippen molar-refractivity contribution < 1.29 is 9.90 Å². The van der Waals surface area contributed by atoms with Crippen LogP contribution in [0.2, 0.25) is 0 Å². The zero-order valence-electron chi connectivity index (χ0n) is 12.1. The maximum Gasteiger partial charge on any atom is 0.328 e. The molecule has 0 saturated carbocycles. The number of nitrogens with zero attached hydrogens (tertiary/aromatic N) is 2. The predicted molar refractivity (Wildman–Crippen MR) is 83.0 cm³/mol. The van der Waals surface area contributed by atoms with Crippen molar-refractivity contribution in [1.29, 1.82) is 0 Å². The fourth-order valence-electron chi connectivity index (χ4n) is 2.38. The van der Waals surface area contributed by atoms with Gasteiger partial charge in [-0.2, -0.15) is 0 Å². The molecule has 4 nitrogen and oxygen atoms in total. The summed E-state index contributed by atoms with van der Waals surface area (Å²) in [5.74, 6) is -0.898. The molecule has 1 fully saturated rings. The first-order chi connectivity index (χ1) is 9.54. The van der Waals surface area contributed by atoms with Crippen LogP contribution in [0.3, 0.4) is 0 Å². The lowest BCUT2D eigenvalue weighted by atomic mass is 10.2. The van der Waals surface area contributed by atoms with Crippen molar-refractivity contribution in [2.45, 2.75) is 26.4 Å². The van der Waals surface area contributed by atoms with Crippen LogP contribution in [0.15, 0.2) is 18.2 Å². The number of piperazine rings is 1. The number of thiophene rings is 1. The van der Waals surface area contributed by atoms with E-state index in [1.165, 1.54) is 11.0 Å². The highest BCUT2D eigenvalue weighted by atomic mass is 32.1. The fraction of sp³-hybridized carbons (Fsp3) is 0.533. The second-order valence-corrected chi connectivity index (χ2v) is 6.58. The first kappa shape index (κ1) is 15.2. The average Bonchev–Trinajstić information content (AvgIpc) is 2.84. The molecule has 0 aromatic carbocycles. The van der Waals surface area contributed by atoms with Crippen LogP contribution in [-0.4, -0.2) is 53.1 Å². The maximum absolute atomic E-state index is 10.5. The molecule has 0 spiro atoms. The zero-order chi connectivity index (χ0) is 14.5. The number of hydrogen-bond donors (Lipinski definition) is 1. The first-order valence-corrected chi connectivity index (χ1v) is 7.82. The maximum atomic E-state index is 10.5. The third-order valence-corrected chi connectivity index (χ3v) is 4.62. The number of carboxylic acid groups (broad SMARTS) is 1. The summed E-state index contributed by atoms with van der Waals surface area (Å²) in [6, 6.07) is 4.72. The van der Waals surface area contributed by atoms with Gasteiger partial charge < -0.3 is 5.11 Å². The Hall–Kier alpha value is -1.17. The van der Waals surface area contributed by atoms with Gasteiger partial charge in [-0.1, -0.05) is 0 Å². The zero-order valence-corrected chi connectivity index (χ0v) is 12.9. The second kappa shape index (κ2) is 7.02. The van der Waals surface area contributed by atoms with Crippen LogP contribution in [-0.2, 0) is 11.3 Å². The highest BCUT2D eigenvalue weighted by Crippen LogP contribution is 2.20. The van der Waals surface area contributed by atoms with Gasteiger partial charge in [0.1, 0.15) is 0 Å². The Kier molecular flexibility index (Phi) is 5.34. The number of rotatable bonds is 5. The molecule has 2 heterocycles. The third kappa shape index (κ3) is 4.44. The second-order valence-electron chi connectivity index (χ2n) is 5.38.